The minimum atomic E-state index is -2.64. The van der Waals surface area contributed by atoms with Crippen molar-refractivity contribution in [3.63, 3.8) is 0 Å². The van der Waals surface area contributed by atoms with E-state index >= 15 is 0 Å². The van der Waals surface area contributed by atoms with Crippen molar-refractivity contribution < 1.29 is 9.16 Å². The normalized spacial score (nSPS) is 11.9. The summed E-state index contributed by atoms with van der Waals surface area (Å²) in [5.41, 5.74) is 1.15. The number of rotatable bonds is 5. The molecule has 0 spiro atoms. The molecule has 0 saturated carbocycles. The standard InChI is InChI=1S/C23H27BO2Si/c1-23(2,3)27(19-11-7-5-8-12-19,20-13-9-6-10-14-20)26-21-16-15-18(24)17-22(21)25-4/h5-17H,24H2,1-4H3. The highest BCUT2D eigenvalue weighted by atomic mass is 28.4. The van der Waals surface area contributed by atoms with Crippen LogP contribution in [-0.4, -0.2) is 23.3 Å². The smallest absolute Gasteiger partial charge is 0.320 e. The first kappa shape index (κ1) is 19.3. The van der Waals surface area contributed by atoms with Crippen molar-refractivity contribution in [1.82, 2.24) is 0 Å². The van der Waals surface area contributed by atoms with Crippen molar-refractivity contribution in [3.8, 4) is 11.5 Å². The summed E-state index contributed by atoms with van der Waals surface area (Å²) in [6, 6.07) is 27.5. The van der Waals surface area contributed by atoms with Crippen LogP contribution in [0.15, 0.2) is 78.9 Å². The second-order valence-corrected chi connectivity index (χ2v) is 12.1. The molecule has 0 N–H and O–H groups in total. The van der Waals surface area contributed by atoms with Gasteiger partial charge < -0.3 is 9.16 Å². The number of hydrogen-bond acceptors (Lipinski definition) is 2. The fraction of sp³-hybridized carbons (Fsp3) is 0.217. The van der Waals surface area contributed by atoms with Gasteiger partial charge in [0.15, 0.2) is 5.75 Å². The van der Waals surface area contributed by atoms with Crippen LogP contribution in [0.3, 0.4) is 0 Å². The second kappa shape index (κ2) is 7.65. The van der Waals surface area contributed by atoms with Crippen LogP contribution < -0.4 is 25.0 Å². The molecular formula is C23H27BO2Si. The molecule has 4 heteroatoms. The summed E-state index contributed by atoms with van der Waals surface area (Å²) in [6.45, 7) is 6.83. The largest absolute Gasteiger partial charge is 0.531 e. The van der Waals surface area contributed by atoms with Gasteiger partial charge in [-0.05, 0) is 27.5 Å². The zero-order chi connectivity index (χ0) is 19.5. The molecule has 0 aliphatic heterocycles. The number of ether oxygens (including phenoxy) is 1. The molecule has 0 radical (unpaired) electrons. The van der Waals surface area contributed by atoms with Crippen LogP contribution >= 0.6 is 0 Å². The average molecular weight is 374 g/mol. The molecule has 0 bridgehead atoms. The molecule has 27 heavy (non-hydrogen) atoms. The van der Waals surface area contributed by atoms with Crippen LogP contribution in [0.1, 0.15) is 20.8 Å². The Morgan fingerprint density at radius 2 is 1.26 bits per heavy atom. The van der Waals surface area contributed by atoms with Crippen LogP contribution in [0.25, 0.3) is 0 Å². The predicted octanol–water partition coefficient (Wildman–Crippen LogP) is 2.89. The molecule has 2 nitrogen and oxygen atoms in total. The van der Waals surface area contributed by atoms with Crippen molar-refractivity contribution in [3.05, 3.63) is 78.9 Å². The summed E-state index contributed by atoms with van der Waals surface area (Å²) in [4.78, 5) is 0. The zero-order valence-electron chi connectivity index (χ0n) is 16.8. The molecule has 3 aromatic carbocycles. The molecule has 0 aliphatic carbocycles. The maximum absolute atomic E-state index is 7.03. The third-order valence-electron chi connectivity index (χ3n) is 5.00. The van der Waals surface area contributed by atoms with E-state index in [-0.39, 0.29) is 5.04 Å². The Kier molecular flexibility index (Phi) is 5.47. The lowest BCUT2D eigenvalue weighted by Crippen LogP contribution is -2.68. The van der Waals surface area contributed by atoms with Crippen LogP contribution in [0.2, 0.25) is 5.04 Å². The molecule has 0 atom stereocenters. The van der Waals surface area contributed by atoms with E-state index in [0.29, 0.717) is 0 Å². The SMILES string of the molecule is Bc1ccc(O[Si](c2ccccc2)(c2ccccc2)C(C)(C)C)c(OC)c1. The summed E-state index contributed by atoms with van der Waals surface area (Å²) in [5, 5.41) is 2.43. The third kappa shape index (κ3) is 3.67. The second-order valence-electron chi connectivity index (χ2n) is 7.92. The lowest BCUT2D eigenvalue weighted by Gasteiger charge is -2.43. The maximum Gasteiger partial charge on any atom is 0.320 e. The van der Waals surface area contributed by atoms with E-state index in [4.69, 9.17) is 9.16 Å². The van der Waals surface area contributed by atoms with Gasteiger partial charge in [0.05, 0.1) is 7.11 Å². The molecule has 0 unspecified atom stereocenters. The van der Waals surface area contributed by atoms with Gasteiger partial charge in [0.25, 0.3) is 0 Å². The fourth-order valence-electron chi connectivity index (χ4n) is 3.67. The van der Waals surface area contributed by atoms with Gasteiger partial charge in [0, 0.05) is 0 Å². The first-order chi connectivity index (χ1) is 12.9. The Hall–Kier alpha value is -2.46. The molecule has 0 saturated heterocycles. The highest BCUT2D eigenvalue weighted by Crippen LogP contribution is 2.39. The summed E-state index contributed by atoms with van der Waals surface area (Å²) in [7, 11) is 1.13. The first-order valence-corrected chi connectivity index (χ1v) is 11.2. The van der Waals surface area contributed by atoms with Crippen molar-refractivity contribution in [2.45, 2.75) is 25.8 Å². The molecule has 0 amide bonds. The number of methoxy groups -OCH3 is 1. The van der Waals surface area contributed by atoms with Gasteiger partial charge in [-0.3, -0.25) is 0 Å². The van der Waals surface area contributed by atoms with Gasteiger partial charge in [-0.2, -0.15) is 0 Å². The topological polar surface area (TPSA) is 18.5 Å². The highest BCUT2D eigenvalue weighted by molar-refractivity contribution is 7.00. The van der Waals surface area contributed by atoms with Gasteiger partial charge in [0.2, 0.25) is 0 Å². The quantitative estimate of drug-likeness (QED) is 0.640. The van der Waals surface area contributed by atoms with Crippen LogP contribution in [0, 0.1) is 0 Å². The fourth-order valence-corrected chi connectivity index (χ4v) is 8.10. The minimum absolute atomic E-state index is 0.0778. The molecule has 0 aliphatic rings. The van der Waals surface area contributed by atoms with Gasteiger partial charge in [0.1, 0.15) is 13.6 Å². The third-order valence-corrected chi connectivity index (χ3v) is 9.93. The number of hydrogen-bond donors (Lipinski definition) is 0. The Balaban J connectivity index is 2.28. The molecule has 0 fully saturated rings. The van der Waals surface area contributed by atoms with E-state index in [2.05, 4.69) is 95.3 Å². The van der Waals surface area contributed by atoms with Gasteiger partial charge >= 0.3 is 8.32 Å². The number of benzene rings is 3. The van der Waals surface area contributed by atoms with E-state index in [1.807, 2.05) is 12.1 Å². The van der Waals surface area contributed by atoms with E-state index in [9.17, 15) is 0 Å². The monoisotopic (exact) mass is 374 g/mol. The molecular weight excluding hydrogens is 347 g/mol. The molecule has 3 rings (SSSR count). The Morgan fingerprint density at radius 1 is 0.741 bits per heavy atom. The lowest BCUT2D eigenvalue weighted by molar-refractivity contribution is 0.389. The predicted molar refractivity (Wildman–Crippen MR) is 119 cm³/mol. The van der Waals surface area contributed by atoms with Gasteiger partial charge in [-0.1, -0.05) is 93.0 Å². The molecule has 0 heterocycles. The zero-order valence-corrected chi connectivity index (χ0v) is 17.8. The minimum Gasteiger partial charge on any atom is -0.531 e. The van der Waals surface area contributed by atoms with E-state index in [1.165, 1.54) is 10.4 Å². The van der Waals surface area contributed by atoms with Gasteiger partial charge in [-0.25, -0.2) is 0 Å². The van der Waals surface area contributed by atoms with E-state index < -0.39 is 8.32 Å². The Labute approximate surface area is 164 Å². The molecule has 3 aromatic rings. The van der Waals surface area contributed by atoms with Crippen molar-refractivity contribution >= 4 is 32.0 Å². The molecule has 138 valence electrons. The van der Waals surface area contributed by atoms with E-state index in [0.717, 1.165) is 17.0 Å². The maximum atomic E-state index is 7.03. The average Bonchev–Trinajstić information content (AvgIpc) is 2.67. The Morgan fingerprint density at radius 3 is 1.70 bits per heavy atom. The van der Waals surface area contributed by atoms with Crippen molar-refractivity contribution in [2.24, 2.45) is 0 Å². The Bertz CT molecular complexity index is 850. The summed E-state index contributed by atoms with van der Waals surface area (Å²) < 4.78 is 12.7. The van der Waals surface area contributed by atoms with Crippen LogP contribution in [-0.2, 0) is 0 Å². The van der Waals surface area contributed by atoms with Crippen LogP contribution in [0.5, 0.6) is 11.5 Å². The van der Waals surface area contributed by atoms with Crippen molar-refractivity contribution in [2.75, 3.05) is 7.11 Å². The lowest BCUT2D eigenvalue weighted by atomic mass is 9.96. The molecule has 0 aromatic heterocycles. The first-order valence-electron chi connectivity index (χ1n) is 9.33. The summed E-state index contributed by atoms with van der Waals surface area (Å²) in [6.07, 6.45) is 0. The highest BCUT2D eigenvalue weighted by Gasteiger charge is 2.52. The summed E-state index contributed by atoms with van der Waals surface area (Å²) >= 11 is 0. The van der Waals surface area contributed by atoms with Gasteiger partial charge in [-0.15, -0.1) is 0 Å². The van der Waals surface area contributed by atoms with Crippen molar-refractivity contribution in [1.29, 1.82) is 0 Å². The van der Waals surface area contributed by atoms with E-state index in [1.54, 1.807) is 7.11 Å². The van der Waals surface area contributed by atoms with Crippen LogP contribution in [0.4, 0.5) is 0 Å². The summed E-state index contributed by atoms with van der Waals surface area (Å²) in [5.74, 6) is 1.58.